The highest BCUT2D eigenvalue weighted by Gasteiger charge is 2.36. The molecule has 0 amide bonds. The molecule has 0 saturated carbocycles. The van der Waals surface area contributed by atoms with E-state index < -0.39 is 43.6 Å². The summed E-state index contributed by atoms with van der Waals surface area (Å²) in [6, 6.07) is 0. The van der Waals surface area contributed by atoms with Crippen molar-refractivity contribution in [1.29, 1.82) is 1.23 Å². The molecule has 0 aromatic rings. The summed E-state index contributed by atoms with van der Waals surface area (Å²) in [5.41, 5.74) is 0. The molecule has 10 heteroatoms. The molecule has 2 unspecified atom stereocenters. The van der Waals surface area contributed by atoms with E-state index in [1.165, 1.54) is 0 Å². The second kappa shape index (κ2) is 7.31. The van der Waals surface area contributed by atoms with E-state index in [9.17, 15) is 0 Å². The van der Waals surface area contributed by atoms with E-state index in [0.717, 1.165) is 0 Å². The smallest absolute Gasteiger partial charge is 0.312 e. The Hall–Kier alpha value is 0.989. The quantitative estimate of drug-likeness (QED) is 0.626. The maximum absolute atomic E-state index is 8.34. The molecule has 0 aromatic carbocycles. The van der Waals surface area contributed by atoms with Crippen LogP contribution in [0.15, 0.2) is 0 Å². The predicted octanol–water partition coefficient (Wildman–Crippen LogP) is 2.16. The molecule has 0 fully saturated rings. The minimum absolute atomic E-state index is 1.29. The molecule has 0 bridgehead atoms. The third-order valence-electron chi connectivity index (χ3n) is 1.76. The maximum atomic E-state index is 8.34. The van der Waals surface area contributed by atoms with Gasteiger partial charge in [-0.1, -0.05) is 0 Å². The van der Waals surface area contributed by atoms with Crippen molar-refractivity contribution in [2.75, 3.05) is 0 Å². The first-order valence-electron chi connectivity index (χ1n) is 7.11. The summed E-state index contributed by atoms with van der Waals surface area (Å²) in [6.07, 6.45) is 0. The first-order chi connectivity index (χ1) is 8.54. The van der Waals surface area contributed by atoms with Crippen molar-refractivity contribution in [2.45, 2.75) is 58.9 Å². The van der Waals surface area contributed by atoms with Crippen LogP contribution in [-0.2, 0) is 16.5 Å². The Morgan fingerprint density at radius 2 is 1.37 bits per heavy atom. The monoisotopic (exact) mass is 354 g/mol. The van der Waals surface area contributed by atoms with Crippen LogP contribution in [0.3, 0.4) is 0 Å². The van der Waals surface area contributed by atoms with Gasteiger partial charge in [-0.2, -0.15) is 0 Å². The van der Waals surface area contributed by atoms with Crippen molar-refractivity contribution >= 4 is 51.0 Å². The van der Waals surface area contributed by atoms with Gasteiger partial charge in [0, 0.05) is 0 Å². The lowest BCUT2D eigenvalue weighted by molar-refractivity contribution is 0.330. The van der Waals surface area contributed by atoms with Crippen molar-refractivity contribution in [3.05, 3.63) is 0 Å². The molecule has 0 aliphatic carbocycles. The van der Waals surface area contributed by atoms with Gasteiger partial charge in [0.25, 0.3) is 17.6 Å². The largest absolute Gasteiger partial charge is 0.445 e. The summed E-state index contributed by atoms with van der Waals surface area (Å²) in [4.78, 5) is 0. The minimum atomic E-state index is -3.10. The highest BCUT2D eigenvalue weighted by atomic mass is 28.5. The number of hydrogen-bond acceptors (Lipinski definition) is 4. The molecular formula is C9H29BO4Si5. The first-order valence-corrected chi connectivity index (χ1v) is 19.8. The van der Waals surface area contributed by atoms with Crippen LogP contribution in [0.2, 0.25) is 58.9 Å². The number of hydrogen-bond donors (Lipinski definition) is 0. The summed E-state index contributed by atoms with van der Waals surface area (Å²) in [7, 11) is -5.14. The topological polar surface area (TPSA) is 36.9 Å². The first kappa shape index (κ1) is 18.0. The van der Waals surface area contributed by atoms with Crippen LogP contribution in [0.1, 0.15) is 0 Å². The van der Waals surface area contributed by atoms with E-state index in [0.29, 0.717) is 0 Å². The van der Waals surface area contributed by atoms with Gasteiger partial charge in [-0.3, -0.25) is 0 Å². The highest BCUT2D eigenvalue weighted by molar-refractivity contribution is 7.12. The van der Waals surface area contributed by atoms with Gasteiger partial charge in [-0.05, 0) is 58.9 Å². The maximum Gasteiger partial charge on any atom is 0.312 e. The molecule has 0 spiro atoms. The summed E-state index contributed by atoms with van der Waals surface area (Å²) in [6.45, 7) is 17.8. The van der Waals surface area contributed by atoms with Crippen LogP contribution in [0, 0.1) is 0 Å². The fourth-order valence-corrected chi connectivity index (χ4v) is 18.3. The van der Waals surface area contributed by atoms with E-state index in [2.05, 4.69) is 19.6 Å². The van der Waals surface area contributed by atoms with Gasteiger partial charge in [0.2, 0.25) is 0 Å². The molecule has 0 aromatic heterocycles. The molecule has 0 aliphatic heterocycles. The van der Waals surface area contributed by atoms with Crippen LogP contribution in [0.4, 0.5) is 0 Å². The van der Waals surface area contributed by atoms with Gasteiger partial charge >= 0.3 is 8.56 Å². The van der Waals surface area contributed by atoms with Crippen LogP contribution in [0.25, 0.3) is 0 Å². The molecule has 2 atom stereocenters. The molecule has 0 saturated heterocycles. The Balaban J connectivity index is 4.73. The van der Waals surface area contributed by atoms with Crippen molar-refractivity contribution < 1.29 is 16.5 Å². The molecule has 2 radical (unpaired) electrons. The lowest BCUT2D eigenvalue weighted by Crippen LogP contribution is -2.52. The van der Waals surface area contributed by atoms with Gasteiger partial charge in [0.1, 0.15) is 7.44 Å². The molecule has 0 aliphatic rings. The van der Waals surface area contributed by atoms with E-state index in [1.54, 1.807) is 13.1 Å². The summed E-state index contributed by atoms with van der Waals surface area (Å²) in [5, 5.41) is 0. The van der Waals surface area contributed by atoms with Crippen LogP contribution in [0.5, 0.6) is 0 Å². The van der Waals surface area contributed by atoms with E-state index in [-0.39, 0.29) is 0 Å². The average Bonchev–Trinajstić information content (AvgIpc) is 1.86. The van der Waals surface area contributed by atoms with Crippen molar-refractivity contribution in [3.63, 3.8) is 0 Å². The van der Waals surface area contributed by atoms with E-state index >= 15 is 0 Å². The van der Waals surface area contributed by atoms with Crippen molar-refractivity contribution in [3.8, 4) is 0 Å². The zero-order valence-electron chi connectivity index (χ0n) is 14.8. The summed E-state index contributed by atoms with van der Waals surface area (Å²) >= 11 is 0. The fourth-order valence-electron chi connectivity index (χ4n) is 1.90. The van der Waals surface area contributed by atoms with Gasteiger partial charge < -0.3 is 16.5 Å². The van der Waals surface area contributed by atoms with Crippen molar-refractivity contribution in [1.82, 2.24) is 0 Å². The third kappa shape index (κ3) is 11.3. The SMILES string of the molecule is [3H][Si](C)(O[Si]([B])(C)O[SiH](C)C)O[Si](C)(C)O[Si](C)(C)C. The van der Waals surface area contributed by atoms with Gasteiger partial charge in [0.05, 0.1) is 1.23 Å². The Labute approximate surface area is 128 Å². The molecule has 19 heavy (non-hydrogen) atoms. The zero-order chi connectivity index (χ0) is 16.4. The Morgan fingerprint density at radius 1 is 0.895 bits per heavy atom. The normalized spacial score (nSPS) is 20.8. The molecule has 0 heterocycles. The van der Waals surface area contributed by atoms with Crippen LogP contribution < -0.4 is 0 Å². The van der Waals surface area contributed by atoms with Crippen LogP contribution in [-0.4, -0.2) is 52.2 Å². The highest BCUT2D eigenvalue weighted by Crippen LogP contribution is 2.17. The predicted molar refractivity (Wildman–Crippen MR) is 94.4 cm³/mol. The molecule has 4 nitrogen and oxygen atoms in total. The molecule has 0 N–H and O–H groups in total. The van der Waals surface area contributed by atoms with Gasteiger partial charge in [0.15, 0.2) is 17.4 Å². The second-order valence-electron chi connectivity index (χ2n) is 6.49. The van der Waals surface area contributed by atoms with Gasteiger partial charge in [-0.25, -0.2) is 0 Å². The van der Waals surface area contributed by atoms with Gasteiger partial charge in [-0.15, -0.1) is 0 Å². The lowest BCUT2D eigenvalue weighted by atomic mass is 10.8. The second-order valence-corrected chi connectivity index (χ2v) is 22.0. The number of rotatable bonds is 8. The average molecular weight is 355 g/mol. The molecule has 0 rings (SSSR count). The van der Waals surface area contributed by atoms with E-state index in [1.807, 2.05) is 26.2 Å². The lowest BCUT2D eigenvalue weighted by Gasteiger charge is -2.36. The summed E-state index contributed by atoms with van der Waals surface area (Å²) in [5.74, 6) is 0. The Morgan fingerprint density at radius 3 is 1.74 bits per heavy atom. The Bertz CT molecular complexity index is 322. The molecular weight excluding hydrogens is 323 g/mol. The van der Waals surface area contributed by atoms with Crippen molar-refractivity contribution in [2.24, 2.45) is 0 Å². The van der Waals surface area contributed by atoms with E-state index in [4.69, 9.17) is 25.1 Å². The minimum Gasteiger partial charge on any atom is -0.445 e. The summed E-state index contributed by atoms with van der Waals surface area (Å²) < 4.78 is 31.9. The fraction of sp³-hybridized carbons (Fsp3) is 1.00. The molecule has 112 valence electrons. The third-order valence-corrected chi connectivity index (χ3v) is 15.8. The Kier molecular flexibility index (Phi) is 6.94. The van der Waals surface area contributed by atoms with Crippen LogP contribution >= 0.6 is 0 Å². The standard InChI is InChI=1S/C9H29BO4Si5/c1-15(2)11-19(9,10)13-16(3)12-18(7,8)14-17(4,5)6/h15-16H,1-9H3/i16T. The zero-order valence-corrected chi connectivity index (χ0v) is 18.9.